The van der Waals surface area contributed by atoms with E-state index in [4.69, 9.17) is 4.74 Å². The van der Waals surface area contributed by atoms with Gasteiger partial charge in [0.25, 0.3) is 0 Å². The Bertz CT molecular complexity index is 470. The van der Waals surface area contributed by atoms with Crippen molar-refractivity contribution in [2.24, 2.45) is 11.8 Å². The molecule has 1 N–H and O–H groups in total. The van der Waals surface area contributed by atoms with Gasteiger partial charge in [-0.3, -0.25) is 0 Å². The third kappa shape index (κ3) is 2.80. The number of amides is 1. The number of likely N-dealkylation sites (tertiary alicyclic amines) is 1. The van der Waals surface area contributed by atoms with Crippen LogP contribution in [0.2, 0.25) is 0 Å². The molecular formula is C16H21NO3. The molecule has 1 saturated heterocycles. The lowest BCUT2D eigenvalue weighted by atomic mass is 10.0. The molecule has 2 atom stereocenters. The normalized spacial score (nSPS) is 32.2. The summed E-state index contributed by atoms with van der Waals surface area (Å²) in [6, 6.07) is 9.71. The first-order valence-corrected chi connectivity index (χ1v) is 7.21. The van der Waals surface area contributed by atoms with E-state index in [0.29, 0.717) is 31.5 Å². The summed E-state index contributed by atoms with van der Waals surface area (Å²) in [6.07, 6.45) is 1.35. The van der Waals surface area contributed by atoms with Gasteiger partial charge in [-0.1, -0.05) is 30.3 Å². The zero-order chi connectivity index (χ0) is 14.2. The second-order valence-electron chi connectivity index (χ2n) is 6.37. The molecule has 0 aromatic heterocycles. The molecule has 1 amide bonds. The second kappa shape index (κ2) is 5.09. The standard InChI is InChI=1S/C16H21NO3/c1-16(19)7-13-9-17(10-14(13)8-16)15(18)20-11-12-5-3-2-4-6-12/h2-6,13-14,19H,7-11H2,1H3. The fourth-order valence-corrected chi connectivity index (χ4v) is 3.57. The number of aliphatic hydroxyl groups is 1. The van der Waals surface area contributed by atoms with Gasteiger partial charge in [-0.25, -0.2) is 4.79 Å². The average molecular weight is 275 g/mol. The number of rotatable bonds is 2. The summed E-state index contributed by atoms with van der Waals surface area (Å²) in [7, 11) is 0. The topological polar surface area (TPSA) is 49.8 Å². The number of fused-ring (bicyclic) bond motifs is 1. The molecule has 20 heavy (non-hydrogen) atoms. The molecule has 1 heterocycles. The molecule has 2 fully saturated rings. The first-order chi connectivity index (χ1) is 9.53. The van der Waals surface area contributed by atoms with Crippen molar-refractivity contribution < 1.29 is 14.6 Å². The van der Waals surface area contributed by atoms with Gasteiger partial charge in [-0.05, 0) is 37.2 Å². The van der Waals surface area contributed by atoms with Crippen LogP contribution in [-0.2, 0) is 11.3 Å². The highest BCUT2D eigenvalue weighted by Gasteiger charge is 2.47. The molecule has 1 aliphatic carbocycles. The van der Waals surface area contributed by atoms with E-state index in [9.17, 15) is 9.90 Å². The van der Waals surface area contributed by atoms with E-state index >= 15 is 0 Å². The van der Waals surface area contributed by atoms with E-state index < -0.39 is 5.60 Å². The fourth-order valence-electron chi connectivity index (χ4n) is 3.57. The third-order valence-corrected chi connectivity index (χ3v) is 4.44. The van der Waals surface area contributed by atoms with Crippen LogP contribution in [0.5, 0.6) is 0 Å². The van der Waals surface area contributed by atoms with Crippen molar-refractivity contribution in [3.8, 4) is 0 Å². The molecule has 4 heteroatoms. The highest BCUT2D eigenvalue weighted by atomic mass is 16.6. The van der Waals surface area contributed by atoms with Crippen molar-refractivity contribution in [1.82, 2.24) is 4.90 Å². The minimum absolute atomic E-state index is 0.233. The maximum Gasteiger partial charge on any atom is 0.410 e. The Morgan fingerprint density at radius 1 is 1.30 bits per heavy atom. The van der Waals surface area contributed by atoms with E-state index in [0.717, 1.165) is 18.4 Å². The molecule has 0 radical (unpaired) electrons. The largest absolute Gasteiger partial charge is 0.445 e. The molecule has 1 saturated carbocycles. The molecule has 4 nitrogen and oxygen atoms in total. The van der Waals surface area contributed by atoms with Crippen LogP contribution in [0.15, 0.2) is 30.3 Å². The molecule has 2 aliphatic rings. The maximum atomic E-state index is 12.1. The average Bonchev–Trinajstić information content (AvgIpc) is 2.90. The maximum absolute atomic E-state index is 12.1. The van der Waals surface area contributed by atoms with Crippen molar-refractivity contribution in [2.45, 2.75) is 32.0 Å². The van der Waals surface area contributed by atoms with Crippen molar-refractivity contribution in [1.29, 1.82) is 0 Å². The molecule has 1 aliphatic heterocycles. The molecule has 1 aromatic rings. The Labute approximate surface area is 119 Å². The lowest BCUT2D eigenvalue weighted by molar-refractivity contribution is 0.0510. The molecule has 1 aromatic carbocycles. The van der Waals surface area contributed by atoms with E-state index in [1.54, 1.807) is 4.90 Å². The Hall–Kier alpha value is -1.55. The number of carbonyl (C=O) groups excluding carboxylic acids is 1. The Morgan fingerprint density at radius 2 is 1.90 bits per heavy atom. The van der Waals surface area contributed by atoms with E-state index in [-0.39, 0.29) is 6.09 Å². The summed E-state index contributed by atoms with van der Waals surface area (Å²) < 4.78 is 5.35. The van der Waals surface area contributed by atoms with Crippen LogP contribution in [0.1, 0.15) is 25.3 Å². The molecule has 0 spiro atoms. The number of benzene rings is 1. The number of carbonyl (C=O) groups is 1. The molecule has 3 rings (SSSR count). The minimum Gasteiger partial charge on any atom is -0.445 e. The van der Waals surface area contributed by atoms with E-state index in [2.05, 4.69) is 0 Å². The Kier molecular flexibility index (Phi) is 3.42. The van der Waals surface area contributed by atoms with Crippen LogP contribution in [0.3, 0.4) is 0 Å². The van der Waals surface area contributed by atoms with Crippen molar-refractivity contribution in [3.05, 3.63) is 35.9 Å². The predicted octanol–water partition coefficient (Wildman–Crippen LogP) is 2.42. The van der Waals surface area contributed by atoms with Gasteiger partial charge in [0.2, 0.25) is 0 Å². The van der Waals surface area contributed by atoms with E-state index in [1.165, 1.54) is 0 Å². The molecular weight excluding hydrogens is 254 g/mol. The van der Waals surface area contributed by atoms with Crippen LogP contribution in [0.25, 0.3) is 0 Å². The second-order valence-corrected chi connectivity index (χ2v) is 6.37. The quantitative estimate of drug-likeness (QED) is 0.901. The summed E-state index contributed by atoms with van der Waals surface area (Å²) in [5.74, 6) is 0.851. The zero-order valence-corrected chi connectivity index (χ0v) is 11.8. The van der Waals surface area contributed by atoms with Gasteiger partial charge in [0.05, 0.1) is 5.60 Å². The summed E-state index contributed by atoms with van der Waals surface area (Å²) in [5.41, 5.74) is 0.457. The smallest absolute Gasteiger partial charge is 0.410 e. The zero-order valence-electron chi connectivity index (χ0n) is 11.8. The van der Waals surface area contributed by atoms with Gasteiger partial charge in [0.1, 0.15) is 6.61 Å². The minimum atomic E-state index is -0.546. The van der Waals surface area contributed by atoms with Crippen LogP contribution >= 0.6 is 0 Å². The van der Waals surface area contributed by atoms with Crippen molar-refractivity contribution in [2.75, 3.05) is 13.1 Å². The van der Waals surface area contributed by atoms with Crippen LogP contribution in [0, 0.1) is 11.8 Å². The number of hydrogen-bond donors (Lipinski definition) is 1. The lowest BCUT2D eigenvalue weighted by Gasteiger charge is -2.21. The fraction of sp³-hybridized carbons (Fsp3) is 0.562. The first-order valence-electron chi connectivity index (χ1n) is 7.21. The highest BCUT2D eigenvalue weighted by molar-refractivity contribution is 5.68. The Balaban J connectivity index is 1.51. The van der Waals surface area contributed by atoms with Crippen molar-refractivity contribution >= 4 is 6.09 Å². The van der Waals surface area contributed by atoms with Crippen LogP contribution in [-0.4, -0.2) is 34.8 Å². The van der Waals surface area contributed by atoms with E-state index in [1.807, 2.05) is 37.3 Å². The first kappa shape index (κ1) is 13.4. The van der Waals surface area contributed by atoms with Gasteiger partial charge in [0, 0.05) is 13.1 Å². The number of ether oxygens (including phenoxy) is 1. The van der Waals surface area contributed by atoms with Crippen molar-refractivity contribution in [3.63, 3.8) is 0 Å². The molecule has 108 valence electrons. The monoisotopic (exact) mass is 275 g/mol. The highest BCUT2D eigenvalue weighted by Crippen LogP contribution is 2.43. The van der Waals surface area contributed by atoms with Gasteiger partial charge in [0.15, 0.2) is 0 Å². The molecule has 0 bridgehead atoms. The SMILES string of the molecule is CC1(O)CC2CN(C(=O)OCc3ccccc3)CC2C1. The summed E-state index contributed by atoms with van der Waals surface area (Å²) in [4.78, 5) is 13.8. The van der Waals surface area contributed by atoms with Crippen LogP contribution in [0.4, 0.5) is 4.79 Å². The summed E-state index contributed by atoms with van der Waals surface area (Å²) >= 11 is 0. The van der Waals surface area contributed by atoms with Gasteiger partial charge < -0.3 is 14.7 Å². The predicted molar refractivity (Wildman–Crippen MR) is 75.0 cm³/mol. The third-order valence-electron chi connectivity index (χ3n) is 4.44. The summed E-state index contributed by atoms with van der Waals surface area (Å²) in [5, 5.41) is 10.0. The van der Waals surface area contributed by atoms with Gasteiger partial charge in [-0.15, -0.1) is 0 Å². The van der Waals surface area contributed by atoms with Gasteiger partial charge >= 0.3 is 6.09 Å². The van der Waals surface area contributed by atoms with Gasteiger partial charge in [-0.2, -0.15) is 0 Å². The number of nitrogens with zero attached hydrogens (tertiary/aromatic N) is 1. The Morgan fingerprint density at radius 3 is 2.50 bits per heavy atom. The molecule has 2 unspecified atom stereocenters. The number of hydrogen-bond acceptors (Lipinski definition) is 3. The lowest BCUT2D eigenvalue weighted by Crippen LogP contribution is -2.32. The summed E-state index contributed by atoms with van der Waals surface area (Å²) in [6.45, 7) is 3.65. The van der Waals surface area contributed by atoms with Crippen LogP contribution < -0.4 is 0 Å².